The molecule has 0 spiro atoms. The number of thiazole rings is 1. The fourth-order valence-electron chi connectivity index (χ4n) is 1.56. The molecule has 110 valence electrons. The lowest BCUT2D eigenvalue weighted by molar-refractivity contribution is -0.115. The zero-order valence-electron chi connectivity index (χ0n) is 11.3. The lowest BCUT2D eigenvalue weighted by atomic mass is 10.3. The van der Waals surface area contributed by atoms with Crippen LogP contribution in [0, 0.1) is 11.3 Å². The summed E-state index contributed by atoms with van der Waals surface area (Å²) in [5.41, 5.74) is 0.588. The van der Waals surface area contributed by atoms with Gasteiger partial charge in [0.05, 0.1) is 21.2 Å². The maximum atomic E-state index is 12.0. The normalized spacial score (nSPS) is 11.5. The molecule has 1 aromatic carbocycles. The number of fused-ring (bicyclic) bond motifs is 1. The summed E-state index contributed by atoms with van der Waals surface area (Å²) < 4.78 is 25.9. The van der Waals surface area contributed by atoms with E-state index < -0.39 is 15.9 Å². The molecule has 0 atom stereocenters. The van der Waals surface area contributed by atoms with Gasteiger partial charge in [0, 0.05) is 14.1 Å². The van der Waals surface area contributed by atoms with E-state index in [2.05, 4.69) is 10.3 Å². The molecule has 9 heteroatoms. The van der Waals surface area contributed by atoms with Crippen LogP contribution < -0.4 is 5.32 Å². The summed E-state index contributed by atoms with van der Waals surface area (Å²) in [7, 11) is -0.593. The Morgan fingerprint density at radius 1 is 1.48 bits per heavy atom. The molecule has 1 N–H and O–H groups in total. The van der Waals surface area contributed by atoms with Crippen molar-refractivity contribution in [3.63, 3.8) is 0 Å². The van der Waals surface area contributed by atoms with Crippen LogP contribution >= 0.6 is 11.3 Å². The molecule has 7 nitrogen and oxygen atoms in total. The molecule has 0 aliphatic carbocycles. The third-order valence-electron chi connectivity index (χ3n) is 2.62. The highest BCUT2D eigenvalue weighted by Crippen LogP contribution is 2.28. The second-order valence-corrected chi connectivity index (χ2v) is 7.50. The lowest BCUT2D eigenvalue weighted by Crippen LogP contribution is -2.22. The SMILES string of the molecule is CN(C)S(=O)(=O)c1ccc2nc(NC(=O)CC#N)sc2c1. The zero-order chi connectivity index (χ0) is 15.6. The first-order chi connectivity index (χ1) is 9.84. The van der Waals surface area contributed by atoms with Gasteiger partial charge in [0.25, 0.3) is 0 Å². The van der Waals surface area contributed by atoms with Crippen molar-refractivity contribution in [1.29, 1.82) is 5.26 Å². The fourth-order valence-corrected chi connectivity index (χ4v) is 3.49. The Hall–Kier alpha value is -2.02. The van der Waals surface area contributed by atoms with Crippen molar-refractivity contribution in [3.8, 4) is 6.07 Å². The molecular formula is C12H12N4O3S2. The molecule has 0 unspecified atom stereocenters. The Morgan fingerprint density at radius 2 is 2.19 bits per heavy atom. The van der Waals surface area contributed by atoms with Crippen molar-refractivity contribution in [2.24, 2.45) is 0 Å². The van der Waals surface area contributed by atoms with Crippen molar-refractivity contribution in [1.82, 2.24) is 9.29 Å². The second-order valence-electron chi connectivity index (χ2n) is 4.32. The van der Waals surface area contributed by atoms with Crippen LogP contribution in [0.15, 0.2) is 23.1 Å². The average Bonchev–Trinajstić information content (AvgIpc) is 2.79. The molecule has 1 heterocycles. The van der Waals surface area contributed by atoms with Crippen LogP contribution in [0.25, 0.3) is 10.2 Å². The smallest absolute Gasteiger partial charge is 0.242 e. The van der Waals surface area contributed by atoms with Gasteiger partial charge in [-0.25, -0.2) is 17.7 Å². The zero-order valence-corrected chi connectivity index (χ0v) is 13.0. The minimum atomic E-state index is -3.51. The Labute approximate surface area is 125 Å². The van der Waals surface area contributed by atoms with Crippen molar-refractivity contribution >= 4 is 42.6 Å². The number of nitrogens with one attached hydrogen (secondary N) is 1. The van der Waals surface area contributed by atoms with Gasteiger partial charge >= 0.3 is 0 Å². The quantitative estimate of drug-likeness (QED) is 0.915. The molecular weight excluding hydrogens is 312 g/mol. The number of amides is 1. The van der Waals surface area contributed by atoms with Gasteiger partial charge in [-0.15, -0.1) is 0 Å². The summed E-state index contributed by atoms with van der Waals surface area (Å²) in [6.07, 6.45) is -0.254. The van der Waals surface area contributed by atoms with Crippen LogP contribution in [0.5, 0.6) is 0 Å². The third kappa shape index (κ3) is 3.18. The molecule has 0 radical (unpaired) electrons. The predicted octanol–water partition coefficient (Wildman–Crippen LogP) is 1.40. The van der Waals surface area contributed by atoms with Gasteiger partial charge in [-0.05, 0) is 18.2 Å². The minimum absolute atomic E-state index is 0.165. The number of hydrogen-bond acceptors (Lipinski definition) is 6. The molecule has 0 saturated carbocycles. The molecule has 0 aliphatic rings. The third-order valence-corrected chi connectivity index (χ3v) is 5.37. The number of carbonyl (C=O) groups is 1. The van der Waals surface area contributed by atoms with E-state index in [1.165, 1.54) is 26.2 Å². The van der Waals surface area contributed by atoms with Gasteiger partial charge in [-0.3, -0.25) is 4.79 Å². The molecule has 1 amide bonds. The first-order valence-corrected chi connectivity index (χ1v) is 8.10. The molecule has 1 aromatic heterocycles. The number of benzene rings is 1. The highest BCUT2D eigenvalue weighted by molar-refractivity contribution is 7.89. The summed E-state index contributed by atoms with van der Waals surface area (Å²) >= 11 is 1.16. The van der Waals surface area contributed by atoms with E-state index in [-0.39, 0.29) is 11.3 Å². The van der Waals surface area contributed by atoms with E-state index in [9.17, 15) is 13.2 Å². The van der Waals surface area contributed by atoms with Crippen LogP contribution in [-0.4, -0.2) is 37.7 Å². The van der Waals surface area contributed by atoms with Gasteiger partial charge in [0.2, 0.25) is 15.9 Å². The molecule has 0 fully saturated rings. The van der Waals surface area contributed by atoms with E-state index in [4.69, 9.17) is 5.26 Å². The lowest BCUT2D eigenvalue weighted by Gasteiger charge is -2.10. The molecule has 0 saturated heterocycles. The molecule has 2 rings (SSSR count). The number of hydrogen-bond donors (Lipinski definition) is 1. The van der Waals surface area contributed by atoms with Crippen LogP contribution in [0.4, 0.5) is 5.13 Å². The Balaban J connectivity index is 2.38. The van der Waals surface area contributed by atoms with Gasteiger partial charge in [0.15, 0.2) is 5.13 Å². The number of aromatic nitrogens is 1. The highest BCUT2D eigenvalue weighted by Gasteiger charge is 2.18. The van der Waals surface area contributed by atoms with E-state index >= 15 is 0 Å². The maximum Gasteiger partial charge on any atom is 0.242 e. The minimum Gasteiger partial charge on any atom is -0.301 e. The molecule has 2 aromatic rings. The van der Waals surface area contributed by atoms with Crippen LogP contribution in [-0.2, 0) is 14.8 Å². The van der Waals surface area contributed by atoms with Gasteiger partial charge < -0.3 is 5.32 Å². The number of sulfonamides is 1. The topological polar surface area (TPSA) is 103 Å². The summed E-state index contributed by atoms with van der Waals surface area (Å²) in [4.78, 5) is 15.7. The maximum absolute atomic E-state index is 12.0. The standard InChI is InChI=1S/C12H12N4O3S2/c1-16(2)21(18,19)8-3-4-9-10(7-8)20-12(14-9)15-11(17)5-6-13/h3-4,7H,5H2,1-2H3,(H,14,15,17). The predicted molar refractivity (Wildman–Crippen MR) is 79.4 cm³/mol. The van der Waals surface area contributed by atoms with E-state index in [1.54, 1.807) is 12.1 Å². The van der Waals surface area contributed by atoms with E-state index in [0.717, 1.165) is 15.6 Å². The monoisotopic (exact) mass is 324 g/mol. The Kier molecular flexibility index (Phi) is 4.22. The highest BCUT2D eigenvalue weighted by atomic mass is 32.2. The van der Waals surface area contributed by atoms with Crippen LogP contribution in [0.3, 0.4) is 0 Å². The number of nitrogens with zero attached hydrogens (tertiary/aromatic N) is 3. The van der Waals surface area contributed by atoms with E-state index in [1.807, 2.05) is 0 Å². The number of carbonyl (C=O) groups excluding carboxylic acids is 1. The first-order valence-electron chi connectivity index (χ1n) is 5.84. The van der Waals surface area contributed by atoms with Gasteiger partial charge in [0.1, 0.15) is 6.42 Å². The Bertz CT molecular complexity index is 834. The Morgan fingerprint density at radius 3 is 2.81 bits per heavy atom. The molecule has 0 bridgehead atoms. The molecule has 21 heavy (non-hydrogen) atoms. The van der Waals surface area contributed by atoms with Crippen LogP contribution in [0.2, 0.25) is 0 Å². The van der Waals surface area contributed by atoms with Crippen LogP contribution in [0.1, 0.15) is 6.42 Å². The van der Waals surface area contributed by atoms with Gasteiger partial charge in [-0.2, -0.15) is 5.26 Å². The number of anilines is 1. The average molecular weight is 324 g/mol. The summed E-state index contributed by atoms with van der Waals surface area (Å²) in [5, 5.41) is 11.3. The largest absolute Gasteiger partial charge is 0.301 e. The molecule has 0 aliphatic heterocycles. The van der Waals surface area contributed by atoms with E-state index in [0.29, 0.717) is 15.3 Å². The van der Waals surface area contributed by atoms with Crippen molar-refractivity contribution in [2.75, 3.05) is 19.4 Å². The summed E-state index contributed by atoms with van der Waals surface area (Å²) in [6, 6.07) is 6.32. The number of nitriles is 1. The summed E-state index contributed by atoms with van der Waals surface area (Å²) in [5.74, 6) is -0.447. The summed E-state index contributed by atoms with van der Waals surface area (Å²) in [6.45, 7) is 0. The van der Waals surface area contributed by atoms with Gasteiger partial charge in [-0.1, -0.05) is 11.3 Å². The van der Waals surface area contributed by atoms with Crippen molar-refractivity contribution < 1.29 is 13.2 Å². The second kappa shape index (κ2) is 5.77. The number of rotatable bonds is 4. The van der Waals surface area contributed by atoms with Crippen molar-refractivity contribution in [2.45, 2.75) is 11.3 Å². The first kappa shape index (κ1) is 15.4. The van der Waals surface area contributed by atoms with Crippen molar-refractivity contribution in [3.05, 3.63) is 18.2 Å². The fraction of sp³-hybridized carbons (Fsp3) is 0.250.